The van der Waals surface area contributed by atoms with E-state index in [0.29, 0.717) is 6.42 Å². The van der Waals surface area contributed by atoms with Crippen LogP contribution in [0.5, 0.6) is 0 Å². The van der Waals surface area contributed by atoms with Crippen molar-refractivity contribution in [2.75, 3.05) is 0 Å². The van der Waals surface area contributed by atoms with Gasteiger partial charge in [-0.05, 0) is 5.92 Å². The number of carbonyl (C=O) groups excluding carboxylic acids is 2. The summed E-state index contributed by atoms with van der Waals surface area (Å²) in [5.74, 6) is -0.134. The number of ketones is 2. The second kappa shape index (κ2) is 5.15. The molecule has 0 fully saturated rings. The van der Waals surface area contributed by atoms with Crippen molar-refractivity contribution in [2.24, 2.45) is 17.8 Å². The van der Waals surface area contributed by atoms with E-state index < -0.39 is 0 Å². The van der Waals surface area contributed by atoms with E-state index in [0.717, 1.165) is 0 Å². The molecule has 0 N–H and O–H groups in total. The molecule has 0 spiro atoms. The quantitative estimate of drug-likeness (QED) is 0.615. The zero-order valence-corrected chi connectivity index (χ0v) is 9.26. The molecule has 1 atom stereocenters. The van der Waals surface area contributed by atoms with Gasteiger partial charge < -0.3 is 0 Å². The van der Waals surface area contributed by atoms with Gasteiger partial charge in [-0.15, -0.1) is 0 Å². The molecule has 0 aliphatic rings. The molecule has 0 saturated heterocycles. The van der Waals surface area contributed by atoms with Gasteiger partial charge in [-0.3, -0.25) is 9.59 Å². The van der Waals surface area contributed by atoms with Gasteiger partial charge in [0, 0.05) is 12.3 Å². The summed E-state index contributed by atoms with van der Waals surface area (Å²) in [4.78, 5) is 23.1. The van der Waals surface area contributed by atoms with E-state index >= 15 is 0 Å². The van der Waals surface area contributed by atoms with E-state index in [1.54, 1.807) is 0 Å². The fraction of sp³-hybridized carbons (Fsp3) is 0.818. The highest BCUT2D eigenvalue weighted by molar-refractivity contribution is 6.03. The van der Waals surface area contributed by atoms with Crippen LogP contribution in [0, 0.1) is 17.8 Å². The van der Waals surface area contributed by atoms with Crippen molar-refractivity contribution in [3.63, 3.8) is 0 Å². The Balaban J connectivity index is 4.61. The lowest BCUT2D eigenvalue weighted by atomic mass is 9.82. The molecule has 0 aromatic carbocycles. The molecular weight excluding hydrogens is 164 g/mol. The lowest BCUT2D eigenvalue weighted by Gasteiger charge is -2.19. The van der Waals surface area contributed by atoms with E-state index in [1.165, 1.54) is 0 Å². The minimum absolute atomic E-state index is 0.0390. The first-order valence-corrected chi connectivity index (χ1v) is 4.98. The molecular formula is C11H20O2. The van der Waals surface area contributed by atoms with Crippen LogP contribution in [-0.4, -0.2) is 11.6 Å². The predicted molar refractivity (Wildman–Crippen MR) is 53.5 cm³/mol. The van der Waals surface area contributed by atoms with Gasteiger partial charge in [0.1, 0.15) is 11.6 Å². The van der Waals surface area contributed by atoms with Crippen molar-refractivity contribution < 1.29 is 9.59 Å². The smallest absolute Gasteiger partial charge is 0.146 e. The summed E-state index contributed by atoms with van der Waals surface area (Å²) in [6.07, 6.45) is 0.460. The van der Waals surface area contributed by atoms with Crippen LogP contribution >= 0.6 is 0 Å². The summed E-state index contributed by atoms with van der Waals surface area (Å²) in [5, 5.41) is 0. The standard InChI is InChI=1S/C11H20O2/c1-6-9(12)10(7(2)3)11(13)8(4)5/h7-8,10H,6H2,1-5H3. The van der Waals surface area contributed by atoms with E-state index in [9.17, 15) is 9.59 Å². The normalized spacial score (nSPS) is 13.5. The molecule has 0 aromatic heterocycles. The summed E-state index contributed by atoms with van der Waals surface area (Å²) in [6, 6.07) is 0. The summed E-state index contributed by atoms with van der Waals surface area (Å²) in [6.45, 7) is 9.36. The lowest BCUT2D eigenvalue weighted by molar-refractivity contribution is -0.136. The Morgan fingerprint density at radius 3 is 1.77 bits per heavy atom. The zero-order valence-electron chi connectivity index (χ0n) is 9.26. The molecule has 0 aliphatic carbocycles. The zero-order chi connectivity index (χ0) is 10.6. The second-order valence-electron chi connectivity index (χ2n) is 4.10. The van der Waals surface area contributed by atoms with Crippen molar-refractivity contribution >= 4 is 11.6 Å². The number of hydrogen-bond acceptors (Lipinski definition) is 2. The molecule has 0 aliphatic heterocycles. The van der Waals surface area contributed by atoms with Gasteiger partial charge in [0.05, 0.1) is 5.92 Å². The third-order valence-electron chi connectivity index (χ3n) is 2.24. The average Bonchev–Trinajstić information content (AvgIpc) is 2.03. The van der Waals surface area contributed by atoms with Crippen LogP contribution in [0.3, 0.4) is 0 Å². The van der Waals surface area contributed by atoms with Crippen molar-refractivity contribution in [3.05, 3.63) is 0 Å². The maximum Gasteiger partial charge on any atom is 0.146 e. The molecule has 0 saturated carbocycles. The highest BCUT2D eigenvalue weighted by Crippen LogP contribution is 2.18. The van der Waals surface area contributed by atoms with Crippen LogP contribution in [0.4, 0.5) is 0 Å². The SMILES string of the molecule is CCC(=O)C(C(=O)C(C)C)C(C)C. The van der Waals surface area contributed by atoms with Crippen LogP contribution < -0.4 is 0 Å². The number of hydrogen-bond donors (Lipinski definition) is 0. The second-order valence-corrected chi connectivity index (χ2v) is 4.10. The van der Waals surface area contributed by atoms with Crippen molar-refractivity contribution in [2.45, 2.75) is 41.0 Å². The largest absolute Gasteiger partial charge is 0.299 e. The van der Waals surface area contributed by atoms with Crippen LogP contribution in [0.2, 0.25) is 0 Å². The summed E-state index contributed by atoms with van der Waals surface area (Å²) in [7, 11) is 0. The van der Waals surface area contributed by atoms with E-state index in [2.05, 4.69) is 0 Å². The number of carbonyl (C=O) groups is 2. The summed E-state index contributed by atoms with van der Waals surface area (Å²) < 4.78 is 0. The fourth-order valence-corrected chi connectivity index (χ4v) is 1.44. The fourth-order valence-electron chi connectivity index (χ4n) is 1.44. The Kier molecular flexibility index (Phi) is 4.89. The van der Waals surface area contributed by atoms with Gasteiger partial charge in [-0.2, -0.15) is 0 Å². The van der Waals surface area contributed by atoms with Crippen LogP contribution in [0.1, 0.15) is 41.0 Å². The van der Waals surface area contributed by atoms with Gasteiger partial charge in [-0.25, -0.2) is 0 Å². The van der Waals surface area contributed by atoms with E-state index in [1.807, 2.05) is 34.6 Å². The van der Waals surface area contributed by atoms with Crippen LogP contribution in [-0.2, 0) is 9.59 Å². The Labute approximate surface area is 80.7 Å². The molecule has 2 heteroatoms. The van der Waals surface area contributed by atoms with Gasteiger partial charge in [0.2, 0.25) is 0 Å². The first-order chi connectivity index (χ1) is 5.91. The van der Waals surface area contributed by atoms with Gasteiger partial charge in [0.15, 0.2) is 0 Å². The average molecular weight is 184 g/mol. The minimum Gasteiger partial charge on any atom is -0.299 e. The maximum absolute atomic E-state index is 11.7. The molecule has 0 radical (unpaired) electrons. The molecule has 0 amide bonds. The predicted octanol–water partition coefficient (Wildman–Crippen LogP) is 2.46. The van der Waals surface area contributed by atoms with Crippen molar-refractivity contribution in [1.29, 1.82) is 0 Å². The molecule has 0 bridgehead atoms. The number of rotatable bonds is 5. The Morgan fingerprint density at radius 1 is 1.08 bits per heavy atom. The molecule has 0 rings (SSSR count). The lowest BCUT2D eigenvalue weighted by Crippen LogP contribution is -2.31. The van der Waals surface area contributed by atoms with Crippen LogP contribution in [0.15, 0.2) is 0 Å². The molecule has 13 heavy (non-hydrogen) atoms. The van der Waals surface area contributed by atoms with Gasteiger partial charge in [-0.1, -0.05) is 34.6 Å². The highest BCUT2D eigenvalue weighted by atomic mass is 16.2. The first-order valence-electron chi connectivity index (χ1n) is 4.98. The molecule has 76 valence electrons. The first kappa shape index (κ1) is 12.3. The third-order valence-corrected chi connectivity index (χ3v) is 2.24. The monoisotopic (exact) mass is 184 g/mol. The topological polar surface area (TPSA) is 34.1 Å². The van der Waals surface area contributed by atoms with Gasteiger partial charge >= 0.3 is 0 Å². The van der Waals surface area contributed by atoms with Crippen LogP contribution in [0.25, 0.3) is 0 Å². The maximum atomic E-state index is 11.7. The minimum atomic E-state index is -0.384. The number of Topliss-reactive ketones (excluding diaryl/α,β-unsaturated/α-hetero) is 2. The van der Waals surface area contributed by atoms with E-state index in [-0.39, 0.29) is 29.3 Å². The summed E-state index contributed by atoms with van der Waals surface area (Å²) in [5.41, 5.74) is 0. The molecule has 1 unspecified atom stereocenters. The van der Waals surface area contributed by atoms with Crippen molar-refractivity contribution in [1.82, 2.24) is 0 Å². The third kappa shape index (κ3) is 3.29. The Morgan fingerprint density at radius 2 is 1.54 bits per heavy atom. The van der Waals surface area contributed by atoms with Gasteiger partial charge in [0.25, 0.3) is 0 Å². The molecule has 0 aromatic rings. The summed E-state index contributed by atoms with van der Waals surface area (Å²) >= 11 is 0. The molecule has 0 heterocycles. The Hall–Kier alpha value is -0.660. The van der Waals surface area contributed by atoms with Crippen molar-refractivity contribution in [3.8, 4) is 0 Å². The Bertz CT molecular complexity index is 192. The molecule has 2 nitrogen and oxygen atoms in total. The van der Waals surface area contributed by atoms with E-state index in [4.69, 9.17) is 0 Å². The highest BCUT2D eigenvalue weighted by Gasteiger charge is 2.29.